The monoisotopic (exact) mass is 646 g/mol. The molecular weight excluding hydrogens is 601 g/mol. The zero-order chi connectivity index (χ0) is 34.3. The summed E-state index contributed by atoms with van der Waals surface area (Å²) in [7, 11) is 0. The fourth-order valence-corrected chi connectivity index (χ4v) is 5.83. The van der Waals surface area contributed by atoms with Gasteiger partial charge in [0, 0.05) is 46.6 Å². The van der Waals surface area contributed by atoms with E-state index in [1.165, 1.54) is 27.8 Å². The predicted octanol–water partition coefficient (Wildman–Crippen LogP) is 11.0. The molecule has 0 heterocycles. The summed E-state index contributed by atoms with van der Waals surface area (Å²) in [5, 5.41) is 15.8. The number of hydrogen-bond donors (Lipinski definition) is 2. The van der Waals surface area contributed by atoms with Crippen molar-refractivity contribution in [1.29, 1.82) is 5.41 Å². The Labute approximate surface area is 284 Å². The van der Waals surface area contributed by atoms with Gasteiger partial charge in [-0.05, 0) is 113 Å². The molecular formula is C41H46N2O3S. The van der Waals surface area contributed by atoms with E-state index in [0.29, 0.717) is 17.7 Å². The number of Topliss-reactive ketones (excluding diaryl/α,β-unsaturated/α-hetero) is 1. The number of ketones is 1. The van der Waals surface area contributed by atoms with E-state index in [4.69, 9.17) is 15.3 Å². The smallest absolute Gasteiger partial charge is 0.300 e. The van der Waals surface area contributed by atoms with Crippen LogP contribution in [0.1, 0.15) is 67.9 Å². The Morgan fingerprint density at radius 1 is 0.894 bits per heavy atom. The van der Waals surface area contributed by atoms with Gasteiger partial charge < -0.3 is 15.4 Å². The van der Waals surface area contributed by atoms with E-state index in [9.17, 15) is 4.79 Å². The maximum atomic E-state index is 13.1. The number of anilines is 2. The number of hydrogen-bond acceptors (Lipinski definition) is 5. The van der Waals surface area contributed by atoms with Gasteiger partial charge >= 0.3 is 0 Å². The number of aliphatic carboxylic acids is 1. The summed E-state index contributed by atoms with van der Waals surface area (Å²) in [6.07, 6.45) is 14.3. The van der Waals surface area contributed by atoms with E-state index in [-0.39, 0.29) is 11.5 Å². The number of carboxylic acids is 1. The van der Waals surface area contributed by atoms with Crippen molar-refractivity contribution >= 4 is 40.6 Å². The van der Waals surface area contributed by atoms with Gasteiger partial charge in [0.05, 0.1) is 5.71 Å². The average molecular weight is 647 g/mol. The highest BCUT2D eigenvalue weighted by atomic mass is 32.2. The summed E-state index contributed by atoms with van der Waals surface area (Å²) in [4.78, 5) is 25.4. The third kappa shape index (κ3) is 11.9. The Balaban J connectivity index is 0.00000142. The fourth-order valence-electron chi connectivity index (χ4n) is 4.96. The minimum atomic E-state index is -0.833. The van der Waals surface area contributed by atoms with Crippen molar-refractivity contribution in [2.75, 3.05) is 10.7 Å². The van der Waals surface area contributed by atoms with Crippen molar-refractivity contribution in [3.05, 3.63) is 149 Å². The number of carbonyl (C=O) groups is 2. The molecule has 0 bridgehead atoms. The molecule has 5 nitrogen and oxygen atoms in total. The van der Waals surface area contributed by atoms with Crippen LogP contribution in [-0.4, -0.2) is 28.3 Å². The van der Waals surface area contributed by atoms with Gasteiger partial charge in [-0.25, -0.2) is 0 Å². The van der Waals surface area contributed by atoms with E-state index < -0.39 is 5.97 Å². The highest BCUT2D eigenvalue weighted by Crippen LogP contribution is 2.31. The van der Waals surface area contributed by atoms with Crippen LogP contribution in [0.5, 0.6) is 0 Å². The largest absolute Gasteiger partial charge is 0.481 e. The lowest BCUT2D eigenvalue weighted by molar-refractivity contribution is -0.134. The molecule has 3 aromatic rings. The number of allylic oxidation sites excluding steroid dienone is 9. The maximum absolute atomic E-state index is 13.1. The molecule has 47 heavy (non-hydrogen) atoms. The highest BCUT2D eigenvalue weighted by Gasteiger charge is 2.16. The Bertz CT molecular complexity index is 1670. The van der Waals surface area contributed by atoms with Crippen LogP contribution < -0.4 is 4.90 Å². The van der Waals surface area contributed by atoms with Crippen LogP contribution in [0.25, 0.3) is 0 Å². The second kappa shape index (κ2) is 18.5. The molecule has 2 N–H and O–H groups in total. The van der Waals surface area contributed by atoms with Gasteiger partial charge in [0.2, 0.25) is 5.78 Å². The number of carbonyl (C=O) groups excluding carboxylic acids is 1. The molecule has 1 aliphatic carbocycles. The second-order valence-corrected chi connectivity index (χ2v) is 12.8. The molecule has 3 aromatic carbocycles. The topological polar surface area (TPSA) is 81.5 Å². The Morgan fingerprint density at radius 3 is 2.00 bits per heavy atom. The summed E-state index contributed by atoms with van der Waals surface area (Å²) < 4.78 is 0. The summed E-state index contributed by atoms with van der Waals surface area (Å²) >= 11 is 1.67. The van der Waals surface area contributed by atoms with Crippen molar-refractivity contribution < 1.29 is 14.7 Å². The SMILES string of the molecule is C=C/C(=C\C=C(/C)N(c1ccc(C)cc1)c1ccc(C(=O)C(=N)CCSc2ccc(C)cc2)cc1)CC1=C(C)CCC=C1.CC(=O)O. The molecule has 0 atom stereocenters. The fraction of sp³-hybridized carbons (Fsp3) is 0.244. The molecule has 0 aliphatic heterocycles. The van der Waals surface area contributed by atoms with Crippen molar-refractivity contribution in [3.63, 3.8) is 0 Å². The first-order chi connectivity index (χ1) is 22.5. The Hall–Kier alpha value is -4.68. The van der Waals surface area contributed by atoms with Gasteiger partial charge in [0.15, 0.2) is 0 Å². The summed E-state index contributed by atoms with van der Waals surface area (Å²) in [6, 6.07) is 24.4. The van der Waals surface area contributed by atoms with E-state index in [0.717, 1.165) is 48.2 Å². The molecule has 0 aromatic heterocycles. The minimum Gasteiger partial charge on any atom is -0.481 e. The second-order valence-electron chi connectivity index (χ2n) is 11.6. The van der Waals surface area contributed by atoms with Crippen LogP contribution in [0, 0.1) is 19.3 Å². The average Bonchev–Trinajstić information content (AvgIpc) is 3.05. The van der Waals surface area contributed by atoms with Crippen LogP contribution in [-0.2, 0) is 4.79 Å². The zero-order valence-corrected chi connectivity index (χ0v) is 29.0. The van der Waals surface area contributed by atoms with Crippen LogP contribution in [0.15, 0.2) is 137 Å². The molecule has 0 saturated heterocycles. The first-order valence-electron chi connectivity index (χ1n) is 15.8. The van der Waals surface area contributed by atoms with E-state index >= 15 is 0 Å². The maximum Gasteiger partial charge on any atom is 0.300 e. The molecule has 4 rings (SSSR count). The zero-order valence-electron chi connectivity index (χ0n) is 28.2. The van der Waals surface area contributed by atoms with E-state index in [1.54, 1.807) is 11.8 Å². The first kappa shape index (κ1) is 36.8. The standard InChI is InChI=1S/C39H42N2OS.C2H4O2/c1-6-32(27-34-10-8-7-9-30(34)4)16-15-31(5)41(35-19-11-28(2)12-20-35)36-21-17-33(18-22-36)39(42)38(40)25-26-43-37-23-13-29(3)14-24-37;1-2(3)4/h6,8,10-24,40H,1,7,9,25-27H2,2-5H3;1H3,(H,3,4)/b31-15+,32-16+,40-38?;. The van der Waals surface area contributed by atoms with Crippen molar-refractivity contribution in [3.8, 4) is 0 Å². The van der Waals surface area contributed by atoms with Crippen LogP contribution in [0.2, 0.25) is 0 Å². The number of aryl methyl sites for hydroxylation is 2. The lowest BCUT2D eigenvalue weighted by Gasteiger charge is -2.26. The normalized spacial score (nSPS) is 13.0. The van der Waals surface area contributed by atoms with Gasteiger partial charge in [-0.1, -0.05) is 71.8 Å². The number of thioether (sulfide) groups is 1. The van der Waals surface area contributed by atoms with Crippen LogP contribution in [0.4, 0.5) is 11.4 Å². The Morgan fingerprint density at radius 2 is 1.45 bits per heavy atom. The number of nitrogens with zero attached hydrogens (tertiary/aromatic N) is 1. The molecule has 1 aliphatic rings. The quantitative estimate of drug-likeness (QED) is 0.0836. The number of rotatable bonds is 13. The summed E-state index contributed by atoms with van der Waals surface area (Å²) in [5.41, 5.74) is 10.1. The number of carboxylic acid groups (broad SMARTS) is 1. The van der Waals surface area contributed by atoms with Crippen molar-refractivity contribution in [2.45, 2.75) is 65.2 Å². The number of nitrogens with one attached hydrogen (secondary N) is 1. The van der Waals surface area contributed by atoms with Gasteiger partial charge in [-0.15, -0.1) is 11.8 Å². The molecule has 6 heteroatoms. The van der Waals surface area contributed by atoms with Gasteiger partial charge in [-0.3, -0.25) is 9.59 Å². The lowest BCUT2D eigenvalue weighted by atomic mass is 9.93. The Kier molecular flexibility index (Phi) is 14.4. The summed E-state index contributed by atoms with van der Waals surface area (Å²) in [6.45, 7) is 13.6. The first-order valence-corrected chi connectivity index (χ1v) is 16.8. The molecule has 0 fully saturated rings. The third-order valence-corrected chi connectivity index (χ3v) is 8.71. The molecule has 0 saturated carbocycles. The summed E-state index contributed by atoms with van der Waals surface area (Å²) in [5.74, 6) is -0.352. The van der Waals surface area contributed by atoms with Crippen molar-refractivity contribution in [2.24, 2.45) is 0 Å². The molecule has 0 unspecified atom stereocenters. The van der Waals surface area contributed by atoms with Crippen LogP contribution in [0.3, 0.4) is 0 Å². The van der Waals surface area contributed by atoms with Gasteiger partial charge in [0.25, 0.3) is 5.97 Å². The molecule has 0 spiro atoms. The van der Waals surface area contributed by atoms with Crippen molar-refractivity contribution in [1.82, 2.24) is 0 Å². The third-order valence-electron chi connectivity index (χ3n) is 7.70. The van der Waals surface area contributed by atoms with E-state index in [1.807, 2.05) is 30.3 Å². The van der Waals surface area contributed by atoms with Gasteiger partial charge in [-0.2, -0.15) is 0 Å². The minimum absolute atomic E-state index is 0.138. The molecule has 0 radical (unpaired) electrons. The van der Waals surface area contributed by atoms with E-state index in [2.05, 4.69) is 112 Å². The van der Waals surface area contributed by atoms with Crippen LogP contribution >= 0.6 is 11.8 Å². The lowest BCUT2D eigenvalue weighted by Crippen LogP contribution is -2.16. The molecule has 0 amide bonds. The number of benzene rings is 3. The molecule has 244 valence electrons. The van der Waals surface area contributed by atoms with Gasteiger partial charge in [0.1, 0.15) is 0 Å². The highest BCUT2D eigenvalue weighted by molar-refractivity contribution is 7.99. The predicted molar refractivity (Wildman–Crippen MR) is 199 cm³/mol.